The zero-order valence-corrected chi connectivity index (χ0v) is 17.9. The van der Waals surface area contributed by atoms with Gasteiger partial charge in [-0.3, -0.25) is 14.6 Å². The summed E-state index contributed by atoms with van der Waals surface area (Å²) in [7, 11) is 1.56. The lowest BCUT2D eigenvalue weighted by atomic mass is 10.2. The molecule has 0 aliphatic heterocycles. The van der Waals surface area contributed by atoms with Gasteiger partial charge in [-0.2, -0.15) is 0 Å². The number of rotatable bonds is 9. The molecule has 0 fully saturated rings. The Balaban J connectivity index is 1.41. The van der Waals surface area contributed by atoms with E-state index >= 15 is 0 Å². The van der Waals surface area contributed by atoms with Crippen LogP contribution in [0.15, 0.2) is 18.3 Å². The predicted molar refractivity (Wildman–Crippen MR) is 110 cm³/mol. The molecule has 3 aromatic rings. The summed E-state index contributed by atoms with van der Waals surface area (Å²) in [6, 6.07) is 3.37. The number of carbonyl (C=O) groups is 2. The Hall–Kier alpha value is -2.50. The Morgan fingerprint density at radius 3 is 2.21 bits per heavy atom. The third-order valence-corrected chi connectivity index (χ3v) is 5.99. The summed E-state index contributed by atoms with van der Waals surface area (Å²) >= 11 is 8.48. The van der Waals surface area contributed by atoms with Crippen LogP contribution in [0.5, 0.6) is 0 Å². The van der Waals surface area contributed by atoms with Crippen LogP contribution in [-0.4, -0.2) is 44.2 Å². The number of aromatic nitrogens is 5. The molecule has 0 radical (unpaired) electrons. The predicted octanol–water partition coefficient (Wildman–Crippen LogP) is 2.29. The highest BCUT2D eigenvalue weighted by molar-refractivity contribution is 7.13. The Morgan fingerprint density at radius 1 is 1.00 bits per heavy atom. The monoisotopic (exact) mass is 451 g/mol. The Morgan fingerprint density at radius 2 is 1.62 bits per heavy atom. The molecule has 0 saturated carbocycles. The molecule has 152 valence electrons. The van der Waals surface area contributed by atoms with Gasteiger partial charge in [-0.15, -0.1) is 20.4 Å². The first kappa shape index (κ1) is 21.2. The van der Waals surface area contributed by atoms with Crippen molar-refractivity contribution in [2.45, 2.75) is 32.2 Å². The van der Waals surface area contributed by atoms with Crippen LogP contribution >= 0.6 is 34.3 Å². The SMILES string of the molecule is CNC(=O)c1nnc(CCCCc2nnc(C(=O)NCc3cc(Cl)ccn3)s2)s1. The summed E-state index contributed by atoms with van der Waals surface area (Å²) < 4.78 is 0. The Kier molecular flexibility index (Phi) is 7.55. The molecule has 0 aliphatic carbocycles. The molecular weight excluding hydrogens is 434 g/mol. The maximum absolute atomic E-state index is 12.2. The molecular formula is C17H18ClN7O2S2. The molecule has 3 aromatic heterocycles. The average molecular weight is 452 g/mol. The summed E-state index contributed by atoms with van der Waals surface area (Å²) in [6.07, 6.45) is 4.81. The van der Waals surface area contributed by atoms with Crippen LogP contribution < -0.4 is 10.6 Å². The van der Waals surface area contributed by atoms with Crippen LogP contribution in [-0.2, 0) is 19.4 Å². The van der Waals surface area contributed by atoms with Gasteiger partial charge in [-0.25, -0.2) is 0 Å². The van der Waals surface area contributed by atoms with Crippen molar-refractivity contribution >= 4 is 46.1 Å². The lowest BCUT2D eigenvalue weighted by molar-refractivity contribution is 0.0945. The molecule has 0 aliphatic rings. The van der Waals surface area contributed by atoms with Crippen molar-refractivity contribution in [1.82, 2.24) is 36.0 Å². The third-order valence-electron chi connectivity index (χ3n) is 3.79. The van der Waals surface area contributed by atoms with Crippen molar-refractivity contribution in [3.8, 4) is 0 Å². The van der Waals surface area contributed by atoms with E-state index in [2.05, 4.69) is 36.0 Å². The number of amides is 2. The summed E-state index contributed by atoms with van der Waals surface area (Å²) in [4.78, 5) is 27.8. The highest BCUT2D eigenvalue weighted by Gasteiger charge is 2.14. The maximum atomic E-state index is 12.2. The molecule has 0 unspecified atom stereocenters. The van der Waals surface area contributed by atoms with Crippen molar-refractivity contribution in [2.24, 2.45) is 0 Å². The second kappa shape index (κ2) is 10.3. The van der Waals surface area contributed by atoms with Gasteiger partial charge >= 0.3 is 0 Å². The van der Waals surface area contributed by atoms with Crippen LogP contribution in [0.1, 0.15) is 48.2 Å². The van der Waals surface area contributed by atoms with Crippen LogP contribution in [0.3, 0.4) is 0 Å². The number of aryl methyl sites for hydroxylation is 2. The lowest BCUT2D eigenvalue weighted by Crippen LogP contribution is -2.23. The van der Waals surface area contributed by atoms with Crippen molar-refractivity contribution in [2.75, 3.05) is 7.05 Å². The van der Waals surface area contributed by atoms with Gasteiger partial charge in [-0.1, -0.05) is 34.3 Å². The first-order valence-corrected chi connectivity index (χ1v) is 10.8. The molecule has 2 amide bonds. The smallest absolute Gasteiger partial charge is 0.282 e. The third kappa shape index (κ3) is 6.24. The standard InChI is InChI=1S/C17H18ClN7O2S2/c1-19-14(26)16-24-22-12(28-16)4-2-3-5-13-23-25-17(29-13)15(27)21-9-11-8-10(18)6-7-20-11/h6-8H,2-5,9H2,1H3,(H,19,26)(H,21,27). The fourth-order valence-electron chi connectivity index (χ4n) is 2.34. The van der Waals surface area contributed by atoms with Gasteiger partial charge in [0.2, 0.25) is 10.0 Å². The number of carbonyl (C=O) groups excluding carboxylic acids is 2. The summed E-state index contributed by atoms with van der Waals surface area (Å²) in [5.74, 6) is -0.509. The topological polar surface area (TPSA) is 123 Å². The van der Waals surface area contributed by atoms with Gasteiger partial charge in [0.05, 0.1) is 12.2 Å². The molecule has 0 spiro atoms. The molecule has 0 saturated heterocycles. The highest BCUT2D eigenvalue weighted by atomic mass is 35.5. The highest BCUT2D eigenvalue weighted by Crippen LogP contribution is 2.16. The molecule has 3 heterocycles. The second-order valence-electron chi connectivity index (χ2n) is 5.94. The molecule has 0 bridgehead atoms. The lowest BCUT2D eigenvalue weighted by Gasteiger charge is -2.02. The van der Waals surface area contributed by atoms with Crippen LogP contribution in [0.25, 0.3) is 0 Å². The van der Waals surface area contributed by atoms with Crippen molar-refractivity contribution in [3.05, 3.63) is 49.1 Å². The van der Waals surface area contributed by atoms with E-state index in [0.29, 0.717) is 20.7 Å². The fraction of sp³-hybridized carbons (Fsp3) is 0.353. The molecule has 3 rings (SSSR count). The van der Waals surface area contributed by atoms with E-state index in [0.717, 1.165) is 35.7 Å². The minimum Gasteiger partial charge on any atom is -0.353 e. The van der Waals surface area contributed by atoms with Gasteiger partial charge in [-0.05, 0) is 25.0 Å². The zero-order chi connectivity index (χ0) is 20.6. The first-order chi connectivity index (χ1) is 14.0. The number of nitrogens with zero attached hydrogens (tertiary/aromatic N) is 5. The van der Waals surface area contributed by atoms with Crippen molar-refractivity contribution in [1.29, 1.82) is 0 Å². The van der Waals surface area contributed by atoms with E-state index in [1.165, 1.54) is 22.7 Å². The van der Waals surface area contributed by atoms with Gasteiger partial charge < -0.3 is 10.6 Å². The van der Waals surface area contributed by atoms with E-state index in [9.17, 15) is 9.59 Å². The number of hydrogen-bond acceptors (Lipinski definition) is 9. The van der Waals surface area contributed by atoms with Crippen LogP contribution in [0.2, 0.25) is 5.02 Å². The first-order valence-electron chi connectivity index (χ1n) is 8.80. The molecule has 9 nitrogen and oxygen atoms in total. The molecule has 2 N–H and O–H groups in total. The Labute approximate surface area is 180 Å². The van der Waals surface area contributed by atoms with E-state index in [1.807, 2.05) is 0 Å². The maximum Gasteiger partial charge on any atom is 0.282 e. The van der Waals surface area contributed by atoms with E-state index in [4.69, 9.17) is 11.6 Å². The minimum absolute atomic E-state index is 0.223. The van der Waals surface area contributed by atoms with Gasteiger partial charge in [0.15, 0.2) is 0 Å². The Bertz CT molecular complexity index is 992. The van der Waals surface area contributed by atoms with Crippen LogP contribution in [0.4, 0.5) is 0 Å². The molecule has 0 atom stereocenters. The van der Waals surface area contributed by atoms with Gasteiger partial charge in [0.1, 0.15) is 10.0 Å². The van der Waals surface area contributed by atoms with Crippen LogP contribution in [0, 0.1) is 0 Å². The molecule has 29 heavy (non-hydrogen) atoms. The largest absolute Gasteiger partial charge is 0.353 e. The number of unbranched alkanes of at least 4 members (excludes halogenated alkanes) is 1. The normalized spacial score (nSPS) is 10.7. The second-order valence-corrected chi connectivity index (χ2v) is 8.50. The zero-order valence-electron chi connectivity index (χ0n) is 15.5. The van der Waals surface area contributed by atoms with E-state index in [1.54, 1.807) is 25.4 Å². The number of halogens is 1. The quantitative estimate of drug-likeness (QED) is 0.478. The summed E-state index contributed by atoms with van der Waals surface area (Å²) in [5, 5.41) is 24.1. The fourth-order valence-corrected chi connectivity index (χ4v) is 4.15. The summed E-state index contributed by atoms with van der Waals surface area (Å²) in [6.45, 7) is 0.272. The van der Waals surface area contributed by atoms with Crippen molar-refractivity contribution < 1.29 is 9.59 Å². The number of hydrogen-bond donors (Lipinski definition) is 2. The minimum atomic E-state index is -0.286. The van der Waals surface area contributed by atoms with E-state index in [-0.39, 0.29) is 18.4 Å². The van der Waals surface area contributed by atoms with Crippen molar-refractivity contribution in [3.63, 3.8) is 0 Å². The van der Waals surface area contributed by atoms with Gasteiger partial charge in [0.25, 0.3) is 11.8 Å². The molecule has 0 aromatic carbocycles. The molecule has 12 heteroatoms. The number of pyridine rings is 1. The van der Waals surface area contributed by atoms with E-state index < -0.39 is 0 Å². The number of nitrogens with one attached hydrogen (secondary N) is 2. The summed E-state index contributed by atoms with van der Waals surface area (Å²) in [5.41, 5.74) is 0.673. The van der Waals surface area contributed by atoms with Gasteiger partial charge in [0, 0.05) is 31.1 Å². The average Bonchev–Trinajstić information content (AvgIpc) is 3.39.